The highest BCUT2D eigenvalue weighted by atomic mass is 19.4. The average Bonchev–Trinajstić information content (AvgIpc) is 2.98. The van der Waals surface area contributed by atoms with Crippen LogP contribution >= 0.6 is 0 Å². The number of carbonyl (C=O) groups excluding carboxylic acids is 1. The van der Waals surface area contributed by atoms with Crippen LogP contribution in [0.15, 0.2) is 53.8 Å². The molecule has 4 rings (SSSR count). The maximum atomic E-state index is 13.7. The Morgan fingerprint density at radius 3 is 2.42 bits per heavy atom. The van der Waals surface area contributed by atoms with E-state index in [2.05, 4.69) is 20.3 Å². The van der Waals surface area contributed by atoms with Crippen molar-refractivity contribution in [3.63, 3.8) is 0 Å². The summed E-state index contributed by atoms with van der Waals surface area (Å²) >= 11 is 0. The molecular weight excluding hydrogens is 442 g/mol. The number of fused-ring (bicyclic) bond motifs is 1. The molecule has 0 saturated heterocycles. The van der Waals surface area contributed by atoms with E-state index in [0.717, 1.165) is 11.0 Å². The molecule has 0 spiro atoms. The largest absolute Gasteiger partial charge is 0.419 e. The quantitative estimate of drug-likeness (QED) is 0.502. The van der Waals surface area contributed by atoms with Crippen LogP contribution in [0.1, 0.15) is 17.5 Å². The molecule has 0 radical (unpaired) electrons. The molecule has 0 fully saturated rings. The molecule has 170 valence electrons. The summed E-state index contributed by atoms with van der Waals surface area (Å²) in [5.74, 6) is -0.736. The number of primary amides is 1. The van der Waals surface area contributed by atoms with Gasteiger partial charge in [0.2, 0.25) is 0 Å². The van der Waals surface area contributed by atoms with E-state index in [1.807, 2.05) is 0 Å². The van der Waals surface area contributed by atoms with Gasteiger partial charge in [0.25, 0.3) is 0 Å². The van der Waals surface area contributed by atoms with Crippen LogP contribution in [0.3, 0.4) is 0 Å². The van der Waals surface area contributed by atoms with E-state index in [-0.39, 0.29) is 17.2 Å². The van der Waals surface area contributed by atoms with Gasteiger partial charge in [0.05, 0.1) is 22.6 Å². The van der Waals surface area contributed by atoms with Crippen LogP contribution in [-0.2, 0) is 6.18 Å². The fraction of sp³-hybridized carbons (Fsp3) is 0.143. The van der Waals surface area contributed by atoms with E-state index in [0.29, 0.717) is 47.9 Å². The minimum Gasteiger partial charge on any atom is -0.382 e. The predicted octanol–water partition coefficient (Wildman–Crippen LogP) is 4.37. The van der Waals surface area contributed by atoms with Crippen molar-refractivity contribution in [2.75, 3.05) is 22.5 Å². The predicted molar refractivity (Wildman–Crippen MR) is 115 cm³/mol. The number of hydrogen-bond acceptors (Lipinski definition) is 6. The van der Waals surface area contributed by atoms with Crippen LogP contribution in [0.4, 0.5) is 51.1 Å². The zero-order chi connectivity index (χ0) is 23.8. The summed E-state index contributed by atoms with van der Waals surface area (Å²) in [6.45, 7) is 0.535. The number of urea groups is 1. The summed E-state index contributed by atoms with van der Waals surface area (Å²) in [7, 11) is 0. The molecule has 8 nitrogen and oxygen atoms in total. The van der Waals surface area contributed by atoms with Gasteiger partial charge in [0.1, 0.15) is 17.8 Å². The molecule has 12 heteroatoms. The lowest BCUT2D eigenvalue weighted by molar-refractivity contribution is -0.139. The molecular formula is C21H17F4N7O. The van der Waals surface area contributed by atoms with Gasteiger partial charge in [-0.15, -0.1) is 0 Å². The molecule has 3 aromatic rings. The topological polar surface area (TPSA) is 123 Å². The van der Waals surface area contributed by atoms with E-state index >= 15 is 0 Å². The van der Waals surface area contributed by atoms with Crippen molar-refractivity contribution >= 4 is 40.4 Å². The first-order valence-corrected chi connectivity index (χ1v) is 9.64. The molecule has 0 atom stereocenters. The first-order valence-electron chi connectivity index (χ1n) is 9.64. The fourth-order valence-electron chi connectivity index (χ4n) is 3.41. The fourth-order valence-corrected chi connectivity index (χ4v) is 3.41. The van der Waals surface area contributed by atoms with Gasteiger partial charge in [-0.2, -0.15) is 13.2 Å². The van der Waals surface area contributed by atoms with Crippen LogP contribution < -0.4 is 21.7 Å². The van der Waals surface area contributed by atoms with Crippen LogP contribution in [0.2, 0.25) is 0 Å². The number of halogens is 4. The molecule has 2 heterocycles. The molecule has 1 aliphatic rings. The Bertz CT molecular complexity index is 1240. The zero-order valence-electron chi connectivity index (χ0n) is 16.9. The van der Waals surface area contributed by atoms with Gasteiger partial charge < -0.3 is 16.8 Å². The number of aliphatic imine (C=N–C) groups is 1. The first kappa shape index (κ1) is 22.0. The van der Waals surface area contributed by atoms with Crippen molar-refractivity contribution in [3.05, 3.63) is 65.7 Å². The monoisotopic (exact) mass is 459 g/mol. The van der Waals surface area contributed by atoms with Gasteiger partial charge in [-0.1, -0.05) is 12.1 Å². The third kappa shape index (κ3) is 4.40. The minimum absolute atomic E-state index is 0.196. The molecule has 0 unspecified atom stereocenters. The van der Waals surface area contributed by atoms with Gasteiger partial charge in [0.15, 0.2) is 11.6 Å². The van der Waals surface area contributed by atoms with Crippen molar-refractivity contribution in [2.24, 2.45) is 10.7 Å². The number of carbonyl (C=O) groups is 1. The first-order chi connectivity index (χ1) is 15.6. The molecule has 1 aliphatic heterocycles. The minimum atomic E-state index is -4.93. The standard InChI is InChI=1S/C21H17F4N7O/c22-15-6-5-13(9-14(15)21(23,24)25)32(20(27)33)12-3-1-11(2-4-12)16-7-8-28-19-17(31-16)18(26)29-10-30-19/h1-6,9-10H,7-8H2,(H2,27,33)(H3,26,28,29,30). The van der Waals surface area contributed by atoms with Gasteiger partial charge in [-0.3, -0.25) is 4.90 Å². The maximum absolute atomic E-state index is 13.7. The number of alkyl halides is 3. The van der Waals surface area contributed by atoms with E-state index in [4.69, 9.17) is 11.5 Å². The zero-order valence-corrected chi connectivity index (χ0v) is 16.9. The van der Waals surface area contributed by atoms with E-state index in [1.165, 1.54) is 18.5 Å². The molecule has 0 aliphatic carbocycles. The summed E-state index contributed by atoms with van der Waals surface area (Å²) < 4.78 is 53.0. The highest BCUT2D eigenvalue weighted by Crippen LogP contribution is 2.36. The van der Waals surface area contributed by atoms with Crippen molar-refractivity contribution in [1.82, 2.24) is 9.97 Å². The van der Waals surface area contributed by atoms with E-state index < -0.39 is 23.6 Å². The number of amides is 2. The van der Waals surface area contributed by atoms with Crippen LogP contribution in [0.25, 0.3) is 0 Å². The van der Waals surface area contributed by atoms with Gasteiger partial charge in [0, 0.05) is 13.0 Å². The normalized spacial score (nSPS) is 13.4. The lowest BCUT2D eigenvalue weighted by Gasteiger charge is -2.22. The molecule has 1 aromatic heterocycles. The lowest BCUT2D eigenvalue weighted by atomic mass is 10.1. The Hall–Kier alpha value is -4.22. The molecule has 2 amide bonds. The number of nitrogen functional groups attached to an aromatic ring is 1. The number of nitrogens with two attached hydrogens (primary N) is 2. The maximum Gasteiger partial charge on any atom is 0.419 e. The average molecular weight is 459 g/mol. The second-order valence-electron chi connectivity index (χ2n) is 7.07. The second kappa shape index (κ2) is 8.37. The Morgan fingerprint density at radius 1 is 1.06 bits per heavy atom. The van der Waals surface area contributed by atoms with E-state index in [9.17, 15) is 22.4 Å². The van der Waals surface area contributed by atoms with Crippen LogP contribution in [0, 0.1) is 5.82 Å². The van der Waals surface area contributed by atoms with Crippen molar-refractivity contribution in [2.45, 2.75) is 12.6 Å². The lowest BCUT2D eigenvalue weighted by Crippen LogP contribution is -2.31. The molecule has 2 aromatic carbocycles. The highest BCUT2D eigenvalue weighted by molar-refractivity contribution is 6.05. The summed E-state index contributed by atoms with van der Waals surface area (Å²) in [5.41, 5.74) is 11.6. The number of anilines is 4. The third-order valence-electron chi connectivity index (χ3n) is 4.94. The summed E-state index contributed by atoms with van der Waals surface area (Å²) in [5, 5.41) is 3.12. The molecule has 0 bridgehead atoms. The molecule has 0 saturated carbocycles. The molecule has 33 heavy (non-hydrogen) atoms. The second-order valence-corrected chi connectivity index (χ2v) is 7.07. The van der Waals surface area contributed by atoms with Crippen molar-refractivity contribution in [3.8, 4) is 0 Å². The van der Waals surface area contributed by atoms with Crippen LogP contribution in [0.5, 0.6) is 0 Å². The van der Waals surface area contributed by atoms with E-state index in [1.54, 1.807) is 12.1 Å². The SMILES string of the molecule is NC(=O)N(c1ccc(C2=Nc3c(N)ncnc3NCC2)cc1)c1ccc(F)c(C(F)(F)F)c1. The smallest absolute Gasteiger partial charge is 0.382 e. The number of hydrogen-bond donors (Lipinski definition) is 3. The summed E-state index contributed by atoms with van der Waals surface area (Å²) in [6, 6.07) is 7.48. The highest BCUT2D eigenvalue weighted by Gasteiger charge is 2.35. The van der Waals surface area contributed by atoms with Gasteiger partial charge in [-0.25, -0.2) is 24.1 Å². The van der Waals surface area contributed by atoms with Gasteiger partial charge in [-0.05, 0) is 35.9 Å². The number of benzene rings is 2. The number of rotatable bonds is 3. The Labute approximate surface area is 185 Å². The summed E-state index contributed by atoms with van der Waals surface area (Å²) in [4.78, 5) is 25.5. The Kier molecular flexibility index (Phi) is 5.58. The van der Waals surface area contributed by atoms with Crippen molar-refractivity contribution in [1.29, 1.82) is 0 Å². The van der Waals surface area contributed by atoms with Gasteiger partial charge >= 0.3 is 12.2 Å². The Morgan fingerprint density at radius 2 is 1.76 bits per heavy atom. The van der Waals surface area contributed by atoms with Crippen LogP contribution in [-0.4, -0.2) is 28.3 Å². The Balaban J connectivity index is 1.70. The number of nitrogens with one attached hydrogen (secondary N) is 1. The van der Waals surface area contributed by atoms with Crippen molar-refractivity contribution < 1.29 is 22.4 Å². The third-order valence-corrected chi connectivity index (χ3v) is 4.94. The summed E-state index contributed by atoms with van der Waals surface area (Å²) in [6.07, 6.45) is -3.07. The number of aromatic nitrogens is 2. The molecule has 5 N–H and O–H groups in total. The number of nitrogens with zero attached hydrogens (tertiary/aromatic N) is 4.